The Kier molecular flexibility index (Phi) is 5.75. The fourth-order valence-corrected chi connectivity index (χ4v) is 0.499. The molecule has 1 N–H and O–H groups in total. The van der Waals surface area contributed by atoms with Gasteiger partial charge in [0.05, 0.1) is 18.6 Å². The van der Waals surface area contributed by atoms with Crippen LogP contribution in [0, 0.1) is 12.3 Å². The fourth-order valence-electron chi connectivity index (χ4n) is 0.312. The van der Waals surface area contributed by atoms with Gasteiger partial charge in [-0.05, 0) is 0 Å². The third-order valence-corrected chi connectivity index (χ3v) is 1.12. The van der Waals surface area contributed by atoms with E-state index in [-0.39, 0.29) is 25.2 Å². The highest BCUT2D eigenvalue weighted by molar-refractivity contribution is 6.18. The molecule has 0 spiro atoms. The first kappa shape index (κ1) is 8.77. The number of terminal acetylenes is 1. The van der Waals surface area contributed by atoms with Crippen molar-refractivity contribution in [2.75, 3.05) is 19.1 Å². The van der Waals surface area contributed by atoms with Crippen molar-refractivity contribution in [3.63, 3.8) is 0 Å². The van der Waals surface area contributed by atoms with E-state index in [0.717, 1.165) is 0 Å². The zero-order valence-electron chi connectivity index (χ0n) is 5.01. The largest absolute Gasteiger partial charge is 0.394 e. The molecule has 52 valence electrons. The number of halogens is 1. The van der Waals surface area contributed by atoms with Crippen LogP contribution in [0.25, 0.3) is 0 Å². The molecule has 0 aromatic heterocycles. The summed E-state index contributed by atoms with van der Waals surface area (Å²) in [5, 5.41) is 8.47. The minimum atomic E-state index is -0.317. The topological polar surface area (TPSA) is 29.5 Å². The molecule has 0 bridgehead atoms. The lowest BCUT2D eigenvalue weighted by Gasteiger charge is -2.07. The highest BCUT2D eigenvalue weighted by Crippen LogP contribution is 1.92. The van der Waals surface area contributed by atoms with E-state index >= 15 is 0 Å². The summed E-state index contributed by atoms with van der Waals surface area (Å²) in [7, 11) is 0. The SMILES string of the molecule is C#CCOC(CO)CCl. The van der Waals surface area contributed by atoms with Crippen LogP contribution in [0.4, 0.5) is 0 Å². The van der Waals surface area contributed by atoms with E-state index in [2.05, 4.69) is 5.92 Å². The van der Waals surface area contributed by atoms with Gasteiger partial charge in [-0.1, -0.05) is 5.92 Å². The molecule has 3 heteroatoms. The first-order chi connectivity index (χ1) is 4.35. The van der Waals surface area contributed by atoms with E-state index in [4.69, 9.17) is 27.9 Å². The van der Waals surface area contributed by atoms with Crippen molar-refractivity contribution >= 4 is 11.6 Å². The van der Waals surface area contributed by atoms with E-state index in [1.54, 1.807) is 0 Å². The summed E-state index contributed by atoms with van der Waals surface area (Å²) < 4.78 is 4.87. The Labute approximate surface area is 59.8 Å². The van der Waals surface area contributed by atoms with Gasteiger partial charge >= 0.3 is 0 Å². The fraction of sp³-hybridized carbons (Fsp3) is 0.667. The lowest BCUT2D eigenvalue weighted by molar-refractivity contribution is 0.0463. The minimum Gasteiger partial charge on any atom is -0.394 e. The molecule has 0 aromatic rings. The van der Waals surface area contributed by atoms with Gasteiger partial charge in [0.2, 0.25) is 0 Å². The molecule has 0 saturated heterocycles. The van der Waals surface area contributed by atoms with Crippen LogP contribution >= 0.6 is 11.6 Å². The minimum absolute atomic E-state index is 0.0782. The number of hydrogen-bond acceptors (Lipinski definition) is 2. The van der Waals surface area contributed by atoms with Crippen molar-refractivity contribution < 1.29 is 9.84 Å². The van der Waals surface area contributed by atoms with Gasteiger partial charge < -0.3 is 9.84 Å². The maximum atomic E-state index is 8.47. The Bertz CT molecular complexity index is 93.7. The summed E-state index contributed by atoms with van der Waals surface area (Å²) in [5.41, 5.74) is 0. The third-order valence-electron chi connectivity index (χ3n) is 0.778. The molecule has 0 aliphatic rings. The lowest BCUT2D eigenvalue weighted by atomic mass is 10.4. The molecule has 0 radical (unpaired) electrons. The molecular weight excluding hydrogens is 140 g/mol. The van der Waals surface area contributed by atoms with Crippen LogP contribution in [0.15, 0.2) is 0 Å². The second-order valence-electron chi connectivity index (χ2n) is 1.47. The highest BCUT2D eigenvalue weighted by Gasteiger charge is 2.02. The van der Waals surface area contributed by atoms with Gasteiger partial charge in [0.15, 0.2) is 0 Å². The summed E-state index contributed by atoms with van der Waals surface area (Å²) in [4.78, 5) is 0. The van der Waals surface area contributed by atoms with Gasteiger partial charge in [-0.2, -0.15) is 0 Å². The van der Waals surface area contributed by atoms with Gasteiger partial charge in [0, 0.05) is 0 Å². The maximum Gasteiger partial charge on any atom is 0.108 e. The van der Waals surface area contributed by atoms with Crippen LogP contribution in [0.5, 0.6) is 0 Å². The van der Waals surface area contributed by atoms with Gasteiger partial charge in [0.25, 0.3) is 0 Å². The molecule has 0 fully saturated rings. The van der Waals surface area contributed by atoms with Crippen LogP contribution in [0.3, 0.4) is 0 Å². The van der Waals surface area contributed by atoms with Crippen LogP contribution in [0.1, 0.15) is 0 Å². The van der Waals surface area contributed by atoms with E-state index < -0.39 is 0 Å². The van der Waals surface area contributed by atoms with Crippen molar-refractivity contribution in [3.05, 3.63) is 0 Å². The standard InChI is InChI=1S/C6H9ClO2/c1-2-3-9-6(4-7)5-8/h1,6,8H,3-5H2. The second-order valence-corrected chi connectivity index (χ2v) is 1.78. The Morgan fingerprint density at radius 3 is 2.78 bits per heavy atom. The van der Waals surface area contributed by atoms with Gasteiger partial charge in [0.1, 0.15) is 6.61 Å². The number of aliphatic hydroxyl groups is 1. The van der Waals surface area contributed by atoms with Gasteiger partial charge in [-0.3, -0.25) is 0 Å². The maximum absolute atomic E-state index is 8.47. The Hall–Kier alpha value is -0.230. The summed E-state index contributed by atoms with van der Waals surface area (Å²) in [5.74, 6) is 2.55. The van der Waals surface area contributed by atoms with Crippen molar-refractivity contribution in [1.29, 1.82) is 0 Å². The average molecular weight is 149 g/mol. The van der Waals surface area contributed by atoms with Crippen molar-refractivity contribution in [2.45, 2.75) is 6.10 Å². The molecule has 0 aliphatic carbocycles. The van der Waals surface area contributed by atoms with Crippen molar-refractivity contribution in [2.24, 2.45) is 0 Å². The first-order valence-corrected chi connectivity index (χ1v) is 3.10. The molecule has 0 aliphatic heterocycles. The molecule has 1 atom stereocenters. The predicted molar refractivity (Wildman–Crippen MR) is 36.4 cm³/mol. The summed E-state index contributed by atoms with van der Waals surface area (Å²) in [6.07, 6.45) is 4.57. The molecule has 0 saturated carbocycles. The quantitative estimate of drug-likeness (QED) is 0.457. The smallest absolute Gasteiger partial charge is 0.108 e. The summed E-state index contributed by atoms with van der Waals surface area (Å²) in [6.45, 7) is 0.128. The van der Waals surface area contributed by atoms with Crippen LogP contribution < -0.4 is 0 Å². The number of hydrogen-bond donors (Lipinski definition) is 1. The van der Waals surface area contributed by atoms with E-state index in [1.807, 2.05) is 0 Å². The molecule has 0 amide bonds. The first-order valence-electron chi connectivity index (χ1n) is 2.57. The Balaban J connectivity index is 3.22. The lowest BCUT2D eigenvalue weighted by Crippen LogP contribution is -2.19. The summed E-state index contributed by atoms with van der Waals surface area (Å²) in [6, 6.07) is 0. The number of alkyl halides is 1. The van der Waals surface area contributed by atoms with E-state index in [9.17, 15) is 0 Å². The average Bonchev–Trinajstić information content (AvgIpc) is 1.91. The normalized spacial score (nSPS) is 12.6. The third kappa shape index (κ3) is 4.28. The molecule has 9 heavy (non-hydrogen) atoms. The van der Waals surface area contributed by atoms with E-state index in [0.29, 0.717) is 0 Å². The van der Waals surface area contributed by atoms with Gasteiger partial charge in [-0.25, -0.2) is 0 Å². The van der Waals surface area contributed by atoms with Crippen LogP contribution in [-0.4, -0.2) is 30.3 Å². The van der Waals surface area contributed by atoms with Crippen molar-refractivity contribution in [3.8, 4) is 12.3 Å². The highest BCUT2D eigenvalue weighted by atomic mass is 35.5. The van der Waals surface area contributed by atoms with Gasteiger partial charge in [-0.15, -0.1) is 18.0 Å². The summed E-state index contributed by atoms with van der Waals surface area (Å²) >= 11 is 5.35. The van der Waals surface area contributed by atoms with Crippen LogP contribution in [-0.2, 0) is 4.74 Å². The Morgan fingerprint density at radius 1 is 1.78 bits per heavy atom. The number of rotatable bonds is 4. The molecule has 0 rings (SSSR count). The van der Waals surface area contributed by atoms with E-state index in [1.165, 1.54) is 0 Å². The molecule has 1 unspecified atom stereocenters. The molecule has 0 heterocycles. The van der Waals surface area contributed by atoms with Crippen molar-refractivity contribution in [1.82, 2.24) is 0 Å². The second kappa shape index (κ2) is 5.90. The Morgan fingerprint density at radius 2 is 2.44 bits per heavy atom. The zero-order chi connectivity index (χ0) is 7.11. The number of ether oxygens (including phenoxy) is 1. The zero-order valence-corrected chi connectivity index (χ0v) is 5.77. The number of aliphatic hydroxyl groups excluding tert-OH is 1. The monoisotopic (exact) mass is 148 g/mol. The molecule has 0 aromatic carbocycles. The van der Waals surface area contributed by atoms with Crippen LogP contribution in [0.2, 0.25) is 0 Å². The molecule has 2 nitrogen and oxygen atoms in total. The predicted octanol–water partition coefficient (Wildman–Crippen LogP) is 0.236. The molecular formula is C6H9ClO2.